The molecule has 1 aromatic rings. The lowest BCUT2D eigenvalue weighted by molar-refractivity contribution is 0.448. The van der Waals surface area contributed by atoms with Gasteiger partial charge in [-0.25, -0.2) is 0 Å². The van der Waals surface area contributed by atoms with Crippen LogP contribution in [0, 0.1) is 0 Å². The van der Waals surface area contributed by atoms with Crippen molar-refractivity contribution in [3.05, 3.63) is 11.1 Å². The predicted molar refractivity (Wildman–Crippen MR) is 46.1 cm³/mol. The second-order valence-electron chi connectivity index (χ2n) is 3.05. The lowest BCUT2D eigenvalue weighted by atomic mass is 9.99. The molecule has 1 atom stereocenters. The molecule has 0 saturated carbocycles. The maximum absolute atomic E-state index is 5.83. The Kier molecular flexibility index (Phi) is 2.02. The van der Waals surface area contributed by atoms with Gasteiger partial charge in [0.05, 0.1) is 0 Å². The van der Waals surface area contributed by atoms with Crippen LogP contribution in [-0.2, 0) is 6.54 Å². The van der Waals surface area contributed by atoms with Crippen molar-refractivity contribution in [1.29, 1.82) is 0 Å². The van der Waals surface area contributed by atoms with E-state index in [1.54, 1.807) is 0 Å². The monoisotopic (exact) mass is 186 g/mol. The Morgan fingerprint density at radius 3 is 3.17 bits per heavy atom. The highest BCUT2D eigenvalue weighted by Gasteiger charge is 2.22. The van der Waals surface area contributed by atoms with Gasteiger partial charge in [-0.3, -0.25) is 0 Å². The van der Waals surface area contributed by atoms with E-state index in [9.17, 15) is 0 Å². The summed E-state index contributed by atoms with van der Waals surface area (Å²) in [5.74, 6) is 1.30. The second-order valence-corrected chi connectivity index (χ2v) is 3.39. The highest BCUT2D eigenvalue weighted by atomic mass is 35.5. The molecule has 1 aromatic heterocycles. The minimum absolute atomic E-state index is 0.346. The topological polar surface area (TPSA) is 56.7 Å². The Balaban J connectivity index is 2.38. The zero-order chi connectivity index (χ0) is 8.55. The van der Waals surface area contributed by atoms with Crippen molar-refractivity contribution in [2.75, 3.05) is 6.54 Å². The van der Waals surface area contributed by atoms with E-state index in [0.29, 0.717) is 17.7 Å². The van der Waals surface area contributed by atoms with E-state index in [-0.39, 0.29) is 0 Å². The highest BCUT2D eigenvalue weighted by Crippen LogP contribution is 2.26. The second kappa shape index (κ2) is 3.03. The van der Waals surface area contributed by atoms with Gasteiger partial charge < -0.3 is 10.3 Å². The van der Waals surface area contributed by atoms with Gasteiger partial charge in [-0.1, -0.05) is 0 Å². The average Bonchev–Trinajstić information content (AvgIpc) is 2.48. The van der Waals surface area contributed by atoms with Crippen LogP contribution in [0.4, 0.5) is 0 Å². The Labute approximate surface area is 75.7 Å². The summed E-state index contributed by atoms with van der Waals surface area (Å²) in [6.07, 6.45) is 2.22. The van der Waals surface area contributed by atoms with Gasteiger partial charge in [-0.15, -0.1) is 10.2 Å². The number of nitrogens with zero attached hydrogens (tertiary/aromatic N) is 3. The molecule has 1 aliphatic heterocycles. The molecule has 2 rings (SSSR count). The number of nitrogens with two attached hydrogens (primary N) is 1. The first-order valence-electron chi connectivity index (χ1n) is 4.11. The molecule has 0 aliphatic carbocycles. The third kappa shape index (κ3) is 1.11. The first kappa shape index (κ1) is 8.01. The molecule has 5 heteroatoms. The van der Waals surface area contributed by atoms with Crippen molar-refractivity contribution in [3.8, 4) is 0 Å². The standard InChI is InChI=1S/C7H11ClN4/c8-7-11-10-6-5(4-9)2-1-3-12(6)7/h5H,1-4,9H2. The Morgan fingerprint density at radius 2 is 2.42 bits per heavy atom. The minimum Gasteiger partial charge on any atom is -0.330 e. The van der Waals surface area contributed by atoms with E-state index in [4.69, 9.17) is 17.3 Å². The van der Waals surface area contributed by atoms with E-state index in [1.165, 1.54) is 0 Å². The molecule has 2 N–H and O–H groups in total. The highest BCUT2D eigenvalue weighted by molar-refractivity contribution is 6.28. The predicted octanol–water partition coefficient (Wildman–Crippen LogP) is 0.768. The quantitative estimate of drug-likeness (QED) is 0.705. The van der Waals surface area contributed by atoms with Gasteiger partial charge in [0, 0.05) is 19.0 Å². The summed E-state index contributed by atoms with van der Waals surface area (Å²) >= 11 is 5.83. The molecule has 0 bridgehead atoms. The van der Waals surface area contributed by atoms with Crippen LogP contribution in [0.5, 0.6) is 0 Å². The van der Waals surface area contributed by atoms with E-state index < -0.39 is 0 Å². The van der Waals surface area contributed by atoms with Gasteiger partial charge in [0.25, 0.3) is 0 Å². The maximum Gasteiger partial charge on any atom is 0.225 e. The summed E-state index contributed by atoms with van der Waals surface area (Å²) < 4.78 is 1.95. The minimum atomic E-state index is 0.346. The molecule has 0 amide bonds. The van der Waals surface area contributed by atoms with E-state index in [0.717, 1.165) is 25.2 Å². The molecule has 4 nitrogen and oxygen atoms in total. The fourth-order valence-electron chi connectivity index (χ4n) is 1.65. The Bertz CT molecular complexity index is 283. The zero-order valence-electron chi connectivity index (χ0n) is 6.70. The normalized spacial score (nSPS) is 22.3. The largest absolute Gasteiger partial charge is 0.330 e. The average molecular weight is 187 g/mol. The molecule has 12 heavy (non-hydrogen) atoms. The molecule has 1 unspecified atom stereocenters. The smallest absolute Gasteiger partial charge is 0.225 e. The van der Waals surface area contributed by atoms with Gasteiger partial charge in [0.15, 0.2) is 0 Å². The summed E-state index contributed by atoms with van der Waals surface area (Å²) in [5.41, 5.74) is 5.60. The number of hydrogen-bond donors (Lipinski definition) is 1. The van der Waals surface area contributed by atoms with Gasteiger partial charge in [0.1, 0.15) is 5.82 Å². The number of aromatic nitrogens is 3. The fraction of sp³-hybridized carbons (Fsp3) is 0.714. The molecule has 2 heterocycles. The lowest BCUT2D eigenvalue weighted by Gasteiger charge is -2.20. The molecule has 0 saturated heterocycles. The van der Waals surface area contributed by atoms with E-state index >= 15 is 0 Å². The van der Waals surface area contributed by atoms with Crippen LogP contribution in [0.2, 0.25) is 5.28 Å². The molecule has 1 aliphatic rings. The van der Waals surface area contributed by atoms with Crippen LogP contribution in [0.1, 0.15) is 24.6 Å². The molecule has 0 radical (unpaired) electrons. The van der Waals surface area contributed by atoms with Crippen LogP contribution in [0.25, 0.3) is 0 Å². The first-order valence-corrected chi connectivity index (χ1v) is 4.49. The number of fused-ring (bicyclic) bond motifs is 1. The van der Waals surface area contributed by atoms with Gasteiger partial charge in [-0.2, -0.15) is 0 Å². The Morgan fingerprint density at radius 1 is 1.58 bits per heavy atom. The van der Waals surface area contributed by atoms with Crippen molar-refractivity contribution in [2.45, 2.75) is 25.3 Å². The molecule has 66 valence electrons. The molecular weight excluding hydrogens is 176 g/mol. The lowest BCUT2D eigenvalue weighted by Crippen LogP contribution is -2.22. The molecule has 0 aromatic carbocycles. The maximum atomic E-state index is 5.83. The van der Waals surface area contributed by atoms with Crippen molar-refractivity contribution >= 4 is 11.6 Å². The third-order valence-corrected chi connectivity index (χ3v) is 2.60. The summed E-state index contributed by atoms with van der Waals surface area (Å²) in [5, 5.41) is 8.32. The van der Waals surface area contributed by atoms with Gasteiger partial charge in [0.2, 0.25) is 5.28 Å². The summed E-state index contributed by atoms with van der Waals surface area (Å²) in [4.78, 5) is 0. The number of rotatable bonds is 1. The summed E-state index contributed by atoms with van der Waals surface area (Å²) in [6.45, 7) is 1.56. The number of halogens is 1. The molecular formula is C7H11ClN4. The molecule has 0 fully saturated rings. The summed E-state index contributed by atoms with van der Waals surface area (Å²) in [7, 11) is 0. The fourth-order valence-corrected chi connectivity index (χ4v) is 1.86. The van der Waals surface area contributed by atoms with Crippen molar-refractivity contribution < 1.29 is 0 Å². The van der Waals surface area contributed by atoms with E-state index in [2.05, 4.69) is 10.2 Å². The van der Waals surface area contributed by atoms with Gasteiger partial charge >= 0.3 is 0 Å². The van der Waals surface area contributed by atoms with Crippen molar-refractivity contribution in [2.24, 2.45) is 5.73 Å². The van der Waals surface area contributed by atoms with Crippen LogP contribution < -0.4 is 5.73 Å². The van der Waals surface area contributed by atoms with Crippen LogP contribution >= 0.6 is 11.6 Å². The first-order chi connectivity index (χ1) is 5.83. The zero-order valence-corrected chi connectivity index (χ0v) is 7.46. The summed E-state index contributed by atoms with van der Waals surface area (Å²) in [6, 6.07) is 0. The van der Waals surface area contributed by atoms with E-state index in [1.807, 2.05) is 4.57 Å². The Hall–Kier alpha value is -0.610. The third-order valence-electron chi connectivity index (χ3n) is 2.32. The van der Waals surface area contributed by atoms with Crippen LogP contribution in [-0.4, -0.2) is 21.3 Å². The van der Waals surface area contributed by atoms with Crippen LogP contribution in [0.15, 0.2) is 0 Å². The number of hydrogen-bond acceptors (Lipinski definition) is 3. The molecule has 0 spiro atoms. The van der Waals surface area contributed by atoms with Crippen molar-refractivity contribution in [1.82, 2.24) is 14.8 Å². The SMILES string of the molecule is NCC1CCCn2c(Cl)nnc21. The van der Waals surface area contributed by atoms with Gasteiger partial charge in [-0.05, 0) is 24.4 Å². The van der Waals surface area contributed by atoms with Crippen molar-refractivity contribution in [3.63, 3.8) is 0 Å². The van der Waals surface area contributed by atoms with Crippen LogP contribution in [0.3, 0.4) is 0 Å².